The molecule has 0 spiro atoms. The van der Waals surface area contributed by atoms with E-state index >= 15 is 0 Å². The van der Waals surface area contributed by atoms with Crippen LogP contribution in [0.1, 0.15) is 118 Å². The minimum absolute atomic E-state index is 0.126. The van der Waals surface area contributed by atoms with Crippen LogP contribution >= 0.6 is 7.82 Å². The van der Waals surface area contributed by atoms with E-state index in [4.69, 9.17) is 0 Å². The van der Waals surface area contributed by atoms with Crippen molar-refractivity contribution in [3.63, 3.8) is 0 Å². The number of nitrogens with zero attached hydrogens (tertiary/aromatic N) is 1. The van der Waals surface area contributed by atoms with Crippen molar-refractivity contribution >= 4 is 7.82 Å². The Bertz CT molecular complexity index is 381. The van der Waals surface area contributed by atoms with E-state index in [1.54, 1.807) is 13.8 Å². The van der Waals surface area contributed by atoms with Crippen LogP contribution in [0.5, 0.6) is 0 Å². The summed E-state index contributed by atoms with van der Waals surface area (Å²) in [5.41, 5.74) is 0. The normalized spacial score (nSPS) is 12.0. The highest BCUT2D eigenvalue weighted by molar-refractivity contribution is 7.45. The van der Waals surface area contributed by atoms with Gasteiger partial charge in [-0.15, -0.1) is 0 Å². The van der Waals surface area contributed by atoms with Crippen LogP contribution < -0.4 is 4.89 Å². The van der Waals surface area contributed by atoms with Crippen molar-refractivity contribution < 1.29 is 23.0 Å². The summed E-state index contributed by atoms with van der Waals surface area (Å²) in [5, 5.41) is 0. The average molecular weight is 452 g/mol. The summed E-state index contributed by atoms with van der Waals surface area (Å²) in [6, 6.07) is 0. The Kier molecular flexibility index (Phi) is 23.9. The lowest BCUT2D eigenvalue weighted by atomic mass is 10.0. The van der Waals surface area contributed by atoms with Crippen LogP contribution in [0.25, 0.3) is 0 Å². The lowest BCUT2D eigenvalue weighted by Crippen LogP contribution is -2.39. The van der Waals surface area contributed by atoms with Gasteiger partial charge < -0.3 is 18.4 Å². The largest absolute Gasteiger partial charge is 0.756 e. The maximum absolute atomic E-state index is 10.4. The van der Waals surface area contributed by atoms with Gasteiger partial charge in [-0.1, -0.05) is 84.0 Å². The fraction of sp³-hybridized carbons (Fsp3) is 1.00. The van der Waals surface area contributed by atoms with Crippen LogP contribution in [0, 0.1) is 0 Å². The fourth-order valence-corrected chi connectivity index (χ4v) is 3.95. The molecule has 0 atom stereocenters. The molecule has 0 saturated carbocycles. The van der Waals surface area contributed by atoms with E-state index < -0.39 is 7.82 Å². The number of unbranched alkanes of at least 4 members (excludes halogenated alkanes) is 13. The third-order valence-corrected chi connectivity index (χ3v) is 6.70. The van der Waals surface area contributed by atoms with Gasteiger partial charge in [0.1, 0.15) is 0 Å². The Morgan fingerprint density at radius 1 is 0.633 bits per heavy atom. The minimum Gasteiger partial charge on any atom is -0.756 e. The molecular weight excluding hydrogens is 397 g/mol. The molecule has 0 rings (SSSR count). The molecule has 0 saturated heterocycles. The quantitative estimate of drug-likeness (QED) is 0.113. The molecule has 0 aliphatic carbocycles. The predicted molar refractivity (Wildman–Crippen MR) is 129 cm³/mol. The maximum atomic E-state index is 10.4. The third-order valence-electron chi connectivity index (χ3n) is 5.55. The molecule has 0 aromatic carbocycles. The van der Waals surface area contributed by atoms with Gasteiger partial charge in [-0.2, -0.15) is 0 Å². The van der Waals surface area contributed by atoms with Crippen molar-refractivity contribution in [3.8, 4) is 0 Å². The average Bonchev–Trinajstić information content (AvgIpc) is 2.68. The van der Waals surface area contributed by atoms with E-state index in [-0.39, 0.29) is 13.2 Å². The second-order valence-electron chi connectivity index (χ2n) is 8.85. The topological polar surface area (TPSA) is 58.6 Å². The summed E-state index contributed by atoms with van der Waals surface area (Å²) >= 11 is 0. The molecule has 0 bridgehead atoms. The number of rotatable bonds is 20. The zero-order valence-corrected chi connectivity index (χ0v) is 22.1. The van der Waals surface area contributed by atoms with Gasteiger partial charge >= 0.3 is 0 Å². The molecule has 0 amide bonds. The van der Waals surface area contributed by atoms with E-state index in [1.165, 1.54) is 107 Å². The zero-order chi connectivity index (χ0) is 23.1. The van der Waals surface area contributed by atoms with Crippen LogP contribution in [0.2, 0.25) is 0 Å². The lowest BCUT2D eigenvalue weighted by Gasteiger charge is -2.28. The molecule has 0 aliphatic rings. The van der Waals surface area contributed by atoms with Crippen LogP contribution in [0.3, 0.4) is 0 Å². The molecule has 6 heteroatoms. The summed E-state index contributed by atoms with van der Waals surface area (Å²) in [5.74, 6) is 0. The summed E-state index contributed by atoms with van der Waals surface area (Å²) in [7, 11) is 0.756. The van der Waals surface area contributed by atoms with E-state index in [2.05, 4.69) is 37.0 Å². The molecule has 0 aliphatic heterocycles. The molecule has 0 heterocycles. The summed E-state index contributed by atoms with van der Waals surface area (Å²) in [6.45, 7) is 10.6. The second kappa shape index (κ2) is 22.3. The fourth-order valence-electron chi connectivity index (χ4n) is 3.25. The van der Waals surface area contributed by atoms with Gasteiger partial charge in [0.2, 0.25) is 0 Å². The highest BCUT2D eigenvalue weighted by Gasteiger charge is 2.09. The number of hydrogen-bond donors (Lipinski definition) is 0. The first-order valence-corrected chi connectivity index (χ1v) is 14.1. The number of quaternary nitrogens is 1. The van der Waals surface area contributed by atoms with Crippen molar-refractivity contribution in [1.29, 1.82) is 0 Å². The van der Waals surface area contributed by atoms with E-state index in [9.17, 15) is 9.46 Å². The molecule has 184 valence electrons. The van der Waals surface area contributed by atoms with Crippen molar-refractivity contribution in [1.82, 2.24) is 0 Å². The molecule has 0 aromatic heterocycles. The molecule has 0 aromatic rings. The second-order valence-corrected chi connectivity index (χ2v) is 10.3. The van der Waals surface area contributed by atoms with Crippen LogP contribution in [0.4, 0.5) is 0 Å². The summed E-state index contributed by atoms with van der Waals surface area (Å²) in [6.07, 6.45) is 20.4. The zero-order valence-electron chi connectivity index (χ0n) is 21.3. The molecule has 0 fully saturated rings. The van der Waals surface area contributed by atoms with E-state index in [0.29, 0.717) is 0 Å². The maximum Gasteiger partial charge on any atom is 0.267 e. The van der Waals surface area contributed by atoms with Gasteiger partial charge in [0.25, 0.3) is 7.82 Å². The Morgan fingerprint density at radius 3 is 1.27 bits per heavy atom. The van der Waals surface area contributed by atoms with Gasteiger partial charge in [-0.25, -0.2) is 0 Å². The Hall–Kier alpha value is 0.0700. The summed E-state index contributed by atoms with van der Waals surface area (Å²) in [4.78, 5) is 10.4. The molecule has 0 radical (unpaired) electrons. The first-order chi connectivity index (χ1) is 14.2. The monoisotopic (exact) mass is 451 g/mol. The third kappa shape index (κ3) is 26.1. The first-order valence-electron chi connectivity index (χ1n) is 12.7. The van der Waals surface area contributed by atoms with E-state index in [1.807, 2.05) is 0 Å². The van der Waals surface area contributed by atoms with Crippen molar-refractivity contribution in [2.75, 3.05) is 40.4 Å². The number of hydrogen-bond acceptors (Lipinski definition) is 4. The standard InChI is InChI=1S/C20H44N.C4H11O4P/c1-5-7-8-9-10-11-12-13-14-15-16-17-18-19-20-21(3,4)6-2;1-3-7-9(5,6)8-4-2/h5-20H2,1-4H3;3-4H2,1-2H3,(H,5,6)/q+1;/p-1. The first kappa shape index (κ1) is 32.3. The lowest BCUT2D eigenvalue weighted by molar-refractivity contribution is -0.888. The van der Waals surface area contributed by atoms with Crippen molar-refractivity contribution in [3.05, 3.63) is 0 Å². The van der Waals surface area contributed by atoms with Gasteiger partial charge in [-0.05, 0) is 33.6 Å². The Balaban J connectivity index is 0. The van der Waals surface area contributed by atoms with Gasteiger partial charge in [0.15, 0.2) is 0 Å². The van der Waals surface area contributed by atoms with Crippen molar-refractivity contribution in [2.24, 2.45) is 0 Å². The Morgan fingerprint density at radius 2 is 0.967 bits per heavy atom. The number of phosphoric acid groups is 1. The molecular formula is C24H54NO4P. The van der Waals surface area contributed by atoms with Crippen LogP contribution in [-0.2, 0) is 13.6 Å². The van der Waals surface area contributed by atoms with Gasteiger partial charge in [0.05, 0.1) is 40.4 Å². The van der Waals surface area contributed by atoms with Gasteiger partial charge in [0, 0.05) is 0 Å². The van der Waals surface area contributed by atoms with Crippen LogP contribution in [0.15, 0.2) is 0 Å². The molecule has 0 N–H and O–H groups in total. The molecule has 0 unspecified atom stereocenters. The highest BCUT2D eigenvalue weighted by Crippen LogP contribution is 2.37. The predicted octanol–water partition coefficient (Wildman–Crippen LogP) is 7.09. The minimum atomic E-state index is -3.94. The molecule has 30 heavy (non-hydrogen) atoms. The highest BCUT2D eigenvalue weighted by atomic mass is 31.2. The van der Waals surface area contributed by atoms with Gasteiger partial charge in [-0.3, -0.25) is 4.57 Å². The van der Waals surface area contributed by atoms with E-state index in [0.717, 1.165) is 0 Å². The summed E-state index contributed by atoms with van der Waals surface area (Å²) < 4.78 is 20.1. The SMILES string of the molecule is CCCCCCCCCCCCCCCC[N+](C)(C)CC.CCOP(=O)([O-])OCC. The van der Waals surface area contributed by atoms with Crippen LogP contribution in [-0.4, -0.2) is 44.9 Å². The van der Waals surface area contributed by atoms with Crippen molar-refractivity contribution in [2.45, 2.75) is 118 Å². The number of phosphoric ester groups is 1. The molecule has 5 nitrogen and oxygen atoms in total. The Labute approximate surface area is 189 Å². The smallest absolute Gasteiger partial charge is 0.267 e.